The van der Waals surface area contributed by atoms with Crippen LogP contribution in [0.4, 0.5) is 10.3 Å². The van der Waals surface area contributed by atoms with E-state index in [1.807, 2.05) is 11.0 Å². The highest BCUT2D eigenvalue weighted by Gasteiger charge is 2.24. The fourth-order valence-corrected chi connectivity index (χ4v) is 3.89. The lowest BCUT2D eigenvalue weighted by atomic mass is 10.2. The normalized spacial score (nSPS) is 15.0. The Balaban J connectivity index is 1.48. The van der Waals surface area contributed by atoms with Crippen molar-refractivity contribution in [3.8, 4) is 0 Å². The summed E-state index contributed by atoms with van der Waals surface area (Å²) < 4.78 is 14.6. The van der Waals surface area contributed by atoms with Gasteiger partial charge in [0.15, 0.2) is 0 Å². The van der Waals surface area contributed by atoms with E-state index < -0.39 is 0 Å². The molecule has 3 aromatic rings. The molecule has 0 unspecified atom stereocenters. The van der Waals surface area contributed by atoms with E-state index in [-0.39, 0.29) is 11.7 Å². The zero-order chi connectivity index (χ0) is 16.5. The summed E-state index contributed by atoms with van der Waals surface area (Å²) in [6.07, 6.45) is 3.43. The summed E-state index contributed by atoms with van der Waals surface area (Å²) in [5.41, 5.74) is 0. The predicted molar refractivity (Wildman–Crippen MR) is 91.9 cm³/mol. The number of piperazine rings is 1. The van der Waals surface area contributed by atoms with Gasteiger partial charge >= 0.3 is 0 Å². The second-order valence-electron chi connectivity index (χ2n) is 5.59. The van der Waals surface area contributed by atoms with Gasteiger partial charge in [-0.15, -0.1) is 11.3 Å². The minimum atomic E-state index is -0.283. The lowest BCUT2D eigenvalue weighted by Crippen LogP contribution is -2.49. The number of carbonyl (C=O) groups excluding carboxylic acids is 1. The number of thiophene rings is 1. The molecule has 1 aliphatic heterocycles. The minimum Gasteiger partial charge on any atom is -0.337 e. The van der Waals surface area contributed by atoms with Crippen LogP contribution in [0.25, 0.3) is 10.1 Å². The molecule has 0 aliphatic carbocycles. The Morgan fingerprint density at radius 2 is 1.83 bits per heavy atom. The van der Waals surface area contributed by atoms with Gasteiger partial charge in [0.1, 0.15) is 5.82 Å². The zero-order valence-electron chi connectivity index (χ0n) is 12.9. The molecule has 1 amide bonds. The summed E-state index contributed by atoms with van der Waals surface area (Å²) in [6.45, 7) is 2.59. The van der Waals surface area contributed by atoms with E-state index in [2.05, 4.69) is 14.9 Å². The molecule has 122 valence electrons. The lowest BCUT2D eigenvalue weighted by molar-refractivity contribution is 0.0751. The van der Waals surface area contributed by atoms with E-state index in [1.165, 1.54) is 17.4 Å². The monoisotopic (exact) mass is 342 g/mol. The fourth-order valence-electron chi connectivity index (χ4n) is 2.85. The van der Waals surface area contributed by atoms with Gasteiger partial charge in [-0.1, -0.05) is 6.07 Å². The maximum Gasteiger partial charge on any atom is 0.264 e. The van der Waals surface area contributed by atoms with Gasteiger partial charge in [0.05, 0.1) is 4.88 Å². The molecule has 5 nitrogen and oxygen atoms in total. The third-order valence-electron chi connectivity index (χ3n) is 4.12. The molecule has 24 heavy (non-hydrogen) atoms. The summed E-state index contributed by atoms with van der Waals surface area (Å²) >= 11 is 1.34. The maximum absolute atomic E-state index is 13.8. The van der Waals surface area contributed by atoms with Gasteiger partial charge < -0.3 is 9.80 Å². The molecular weight excluding hydrogens is 327 g/mol. The third kappa shape index (κ3) is 2.71. The maximum atomic E-state index is 13.8. The number of fused-ring (bicyclic) bond motifs is 1. The van der Waals surface area contributed by atoms with Gasteiger partial charge in [0.25, 0.3) is 5.91 Å². The molecule has 0 atom stereocenters. The second-order valence-corrected chi connectivity index (χ2v) is 6.67. The Bertz CT molecular complexity index is 875. The third-order valence-corrected chi connectivity index (χ3v) is 5.21. The largest absolute Gasteiger partial charge is 0.337 e. The number of rotatable bonds is 2. The first-order valence-corrected chi connectivity index (χ1v) is 8.53. The molecule has 0 N–H and O–H groups in total. The van der Waals surface area contributed by atoms with Crippen molar-refractivity contribution in [2.24, 2.45) is 0 Å². The molecule has 3 heterocycles. The van der Waals surface area contributed by atoms with Gasteiger partial charge in [-0.25, -0.2) is 14.4 Å². The number of carbonyl (C=O) groups is 1. The van der Waals surface area contributed by atoms with Crippen molar-refractivity contribution in [2.75, 3.05) is 31.1 Å². The van der Waals surface area contributed by atoms with Crippen LogP contribution in [-0.2, 0) is 0 Å². The molecular formula is C17H15FN4OS. The average Bonchev–Trinajstić information content (AvgIpc) is 3.08. The summed E-state index contributed by atoms with van der Waals surface area (Å²) in [7, 11) is 0. The van der Waals surface area contributed by atoms with Crippen molar-refractivity contribution in [3.63, 3.8) is 0 Å². The second kappa shape index (κ2) is 6.16. The molecule has 1 fully saturated rings. The Morgan fingerprint density at radius 3 is 2.54 bits per heavy atom. The molecule has 1 aromatic carbocycles. The molecule has 7 heteroatoms. The van der Waals surface area contributed by atoms with Crippen molar-refractivity contribution >= 4 is 33.3 Å². The van der Waals surface area contributed by atoms with E-state index in [0.29, 0.717) is 42.4 Å². The molecule has 0 spiro atoms. The summed E-state index contributed by atoms with van der Waals surface area (Å²) in [5.74, 6) is 0.367. The number of halogens is 1. The zero-order valence-corrected chi connectivity index (χ0v) is 13.7. The van der Waals surface area contributed by atoms with Crippen LogP contribution in [0, 0.1) is 5.82 Å². The molecule has 4 rings (SSSR count). The van der Waals surface area contributed by atoms with Crippen molar-refractivity contribution in [1.29, 1.82) is 0 Å². The lowest BCUT2D eigenvalue weighted by Gasteiger charge is -2.34. The first-order chi connectivity index (χ1) is 11.7. The highest BCUT2D eigenvalue weighted by atomic mass is 32.1. The number of hydrogen-bond acceptors (Lipinski definition) is 5. The van der Waals surface area contributed by atoms with Gasteiger partial charge in [-0.2, -0.15) is 0 Å². The quantitative estimate of drug-likeness (QED) is 0.719. The fraction of sp³-hybridized carbons (Fsp3) is 0.235. The highest BCUT2D eigenvalue weighted by molar-refractivity contribution is 7.20. The van der Waals surface area contributed by atoms with Crippen LogP contribution in [0.3, 0.4) is 0 Å². The van der Waals surface area contributed by atoms with Crippen molar-refractivity contribution in [2.45, 2.75) is 0 Å². The smallest absolute Gasteiger partial charge is 0.264 e. The van der Waals surface area contributed by atoms with Gasteiger partial charge in [-0.05, 0) is 24.3 Å². The van der Waals surface area contributed by atoms with E-state index in [9.17, 15) is 9.18 Å². The number of benzene rings is 1. The summed E-state index contributed by atoms with van der Waals surface area (Å²) in [6, 6.07) is 8.36. The van der Waals surface area contributed by atoms with Crippen LogP contribution in [-0.4, -0.2) is 47.0 Å². The van der Waals surface area contributed by atoms with Crippen LogP contribution in [0.2, 0.25) is 0 Å². The number of amides is 1. The highest BCUT2D eigenvalue weighted by Crippen LogP contribution is 2.28. The molecule has 1 aliphatic rings. The SMILES string of the molecule is O=C(c1cc2c(F)cccc2s1)N1CCN(c2ncccn2)CC1. The molecule has 0 radical (unpaired) electrons. The number of nitrogens with zero attached hydrogens (tertiary/aromatic N) is 4. The van der Waals surface area contributed by atoms with Gasteiger partial charge in [-0.3, -0.25) is 4.79 Å². The van der Waals surface area contributed by atoms with E-state index >= 15 is 0 Å². The number of hydrogen-bond donors (Lipinski definition) is 0. The topological polar surface area (TPSA) is 49.3 Å². The van der Waals surface area contributed by atoms with Crippen molar-refractivity contribution in [1.82, 2.24) is 14.9 Å². The first kappa shape index (κ1) is 15.0. The van der Waals surface area contributed by atoms with Crippen molar-refractivity contribution in [3.05, 3.63) is 53.4 Å². The molecule has 2 aromatic heterocycles. The van der Waals surface area contributed by atoms with Crippen LogP contribution in [0.15, 0.2) is 42.7 Å². The van der Waals surface area contributed by atoms with Crippen LogP contribution >= 0.6 is 11.3 Å². The van der Waals surface area contributed by atoms with E-state index in [4.69, 9.17) is 0 Å². The van der Waals surface area contributed by atoms with Crippen LogP contribution in [0.1, 0.15) is 9.67 Å². The molecule has 1 saturated heterocycles. The van der Waals surface area contributed by atoms with Crippen LogP contribution in [0.5, 0.6) is 0 Å². The minimum absolute atomic E-state index is 0.0377. The predicted octanol–water partition coefficient (Wildman–Crippen LogP) is 2.79. The Hall–Kier alpha value is -2.54. The van der Waals surface area contributed by atoms with E-state index in [1.54, 1.807) is 30.6 Å². The van der Waals surface area contributed by atoms with Gasteiger partial charge in [0.2, 0.25) is 5.95 Å². The summed E-state index contributed by atoms with van der Waals surface area (Å²) in [5, 5.41) is 0.516. The van der Waals surface area contributed by atoms with Gasteiger partial charge in [0, 0.05) is 48.7 Å². The average molecular weight is 342 g/mol. The Morgan fingerprint density at radius 1 is 1.08 bits per heavy atom. The van der Waals surface area contributed by atoms with Crippen molar-refractivity contribution < 1.29 is 9.18 Å². The van der Waals surface area contributed by atoms with Crippen LogP contribution < -0.4 is 4.90 Å². The Kier molecular flexibility index (Phi) is 3.86. The Labute approximate surface area is 142 Å². The molecule has 0 saturated carbocycles. The van der Waals surface area contributed by atoms with E-state index in [0.717, 1.165) is 4.70 Å². The standard InChI is InChI=1S/C17H15FN4OS/c18-13-3-1-4-14-12(13)11-15(24-14)16(23)21-7-9-22(10-8-21)17-19-5-2-6-20-17/h1-6,11H,7-10H2. The number of aromatic nitrogens is 2. The molecule has 0 bridgehead atoms. The number of anilines is 1. The first-order valence-electron chi connectivity index (χ1n) is 7.72. The summed E-state index contributed by atoms with van der Waals surface area (Å²) in [4.78, 5) is 25.6.